The lowest BCUT2D eigenvalue weighted by Crippen LogP contribution is -2.37. The van der Waals surface area contributed by atoms with Crippen molar-refractivity contribution >= 4 is 19.8 Å². The third kappa shape index (κ3) is 54.0. The first kappa shape index (κ1) is 66.7. The summed E-state index contributed by atoms with van der Waals surface area (Å²) < 4.78 is 34.5. The molecule has 0 rings (SSSR count). The van der Waals surface area contributed by atoms with Crippen LogP contribution in [-0.4, -0.2) is 74.9 Å². The average molecular weight is 997 g/mol. The standard InChI is InChI=1S/C60H102NO8P/c1-6-8-10-12-14-16-18-20-22-24-26-28-29-30-31-33-35-37-39-41-43-45-47-49-51-53-60(63)69-58(57-68-70(64,65)67-55-54-61(3,4)5)56-66-59(62)52-50-48-46-44-42-40-38-36-34-32-27-25-23-21-19-17-15-13-11-9-7-2/h8,10,14,16,19-22,25-28,30-31,34-37,58H,6-7,9,11-13,15,17-18,23-24,29,32-33,38-57H2,1-5H3/p+1/b10-8-,16-14-,21-19-,22-20-,27-25-,28-26-,31-30-,36-34-,37-35-. The Morgan fingerprint density at radius 2 is 0.814 bits per heavy atom. The van der Waals surface area contributed by atoms with E-state index in [1.807, 2.05) is 21.1 Å². The number of allylic oxidation sites excluding steroid dienone is 18. The van der Waals surface area contributed by atoms with Crippen LogP contribution in [0.5, 0.6) is 0 Å². The molecule has 0 spiro atoms. The Balaban J connectivity index is 4.31. The minimum absolute atomic E-state index is 0.0198. The highest BCUT2D eigenvalue weighted by atomic mass is 31.2. The van der Waals surface area contributed by atoms with Gasteiger partial charge in [-0.15, -0.1) is 0 Å². The number of unbranched alkanes of at least 4 members (excludes halogenated alkanes) is 17. The van der Waals surface area contributed by atoms with Gasteiger partial charge >= 0.3 is 19.8 Å². The molecule has 0 radical (unpaired) electrons. The molecule has 0 saturated carbocycles. The Morgan fingerprint density at radius 1 is 0.457 bits per heavy atom. The highest BCUT2D eigenvalue weighted by molar-refractivity contribution is 7.47. The van der Waals surface area contributed by atoms with Crippen LogP contribution in [0.1, 0.15) is 206 Å². The molecular weight excluding hydrogens is 894 g/mol. The van der Waals surface area contributed by atoms with E-state index in [0.717, 1.165) is 116 Å². The normalized spacial score (nSPS) is 14.2. The van der Waals surface area contributed by atoms with Gasteiger partial charge in [0, 0.05) is 12.8 Å². The van der Waals surface area contributed by atoms with Gasteiger partial charge in [0.05, 0.1) is 27.7 Å². The van der Waals surface area contributed by atoms with Crippen molar-refractivity contribution in [2.45, 2.75) is 213 Å². The van der Waals surface area contributed by atoms with E-state index in [-0.39, 0.29) is 32.0 Å². The summed E-state index contributed by atoms with van der Waals surface area (Å²) in [7, 11) is 1.44. The van der Waals surface area contributed by atoms with Crippen molar-refractivity contribution in [3.05, 3.63) is 109 Å². The van der Waals surface area contributed by atoms with Crippen LogP contribution >= 0.6 is 7.82 Å². The lowest BCUT2D eigenvalue weighted by Gasteiger charge is -2.24. The summed E-state index contributed by atoms with van der Waals surface area (Å²) in [6.45, 7) is 4.26. The lowest BCUT2D eigenvalue weighted by atomic mass is 10.1. The smallest absolute Gasteiger partial charge is 0.462 e. The third-order valence-electron chi connectivity index (χ3n) is 11.3. The number of hydrogen-bond donors (Lipinski definition) is 1. The van der Waals surface area contributed by atoms with Gasteiger partial charge in [-0.2, -0.15) is 0 Å². The summed E-state index contributed by atoms with van der Waals surface area (Å²) in [5, 5.41) is 0. The Bertz CT molecular complexity index is 1550. The second-order valence-electron chi connectivity index (χ2n) is 19.2. The van der Waals surface area contributed by atoms with Crippen LogP contribution in [0.2, 0.25) is 0 Å². The molecule has 0 aromatic rings. The van der Waals surface area contributed by atoms with Gasteiger partial charge < -0.3 is 18.9 Å². The number of quaternary nitrogens is 1. The van der Waals surface area contributed by atoms with Gasteiger partial charge in [0.15, 0.2) is 6.10 Å². The van der Waals surface area contributed by atoms with Crippen molar-refractivity contribution in [3.8, 4) is 0 Å². The highest BCUT2D eigenvalue weighted by Crippen LogP contribution is 2.43. The second-order valence-corrected chi connectivity index (χ2v) is 20.7. The summed E-state index contributed by atoms with van der Waals surface area (Å²) in [6.07, 6.45) is 70.0. The van der Waals surface area contributed by atoms with Gasteiger partial charge in [-0.1, -0.05) is 200 Å². The Morgan fingerprint density at radius 3 is 1.21 bits per heavy atom. The van der Waals surface area contributed by atoms with E-state index in [0.29, 0.717) is 23.9 Å². The predicted molar refractivity (Wildman–Crippen MR) is 298 cm³/mol. The molecule has 0 amide bonds. The number of carbonyl (C=O) groups excluding carboxylic acids is 2. The maximum absolute atomic E-state index is 12.8. The first-order chi connectivity index (χ1) is 34.0. The Hall–Kier alpha value is -3.33. The number of rotatable bonds is 49. The molecular formula is C60H103NO8P+. The number of phosphoric ester groups is 1. The first-order valence-electron chi connectivity index (χ1n) is 27.6. The molecule has 2 unspecified atom stereocenters. The van der Waals surface area contributed by atoms with Crippen LogP contribution in [-0.2, 0) is 32.7 Å². The molecule has 10 heteroatoms. The van der Waals surface area contributed by atoms with Crippen LogP contribution in [0.4, 0.5) is 0 Å². The van der Waals surface area contributed by atoms with Crippen LogP contribution in [0, 0.1) is 0 Å². The molecule has 0 bridgehead atoms. The number of likely N-dealkylation sites (N-methyl/N-ethyl adjacent to an activating group) is 1. The second kappa shape index (κ2) is 50.6. The van der Waals surface area contributed by atoms with Crippen LogP contribution in [0.25, 0.3) is 0 Å². The fourth-order valence-electron chi connectivity index (χ4n) is 7.02. The first-order valence-corrected chi connectivity index (χ1v) is 29.1. The van der Waals surface area contributed by atoms with Crippen molar-refractivity contribution in [1.82, 2.24) is 0 Å². The van der Waals surface area contributed by atoms with Gasteiger partial charge in [-0.3, -0.25) is 18.6 Å². The largest absolute Gasteiger partial charge is 0.472 e. The fourth-order valence-corrected chi connectivity index (χ4v) is 7.77. The Labute approximate surface area is 429 Å². The molecule has 0 fully saturated rings. The molecule has 0 aliphatic carbocycles. The molecule has 0 saturated heterocycles. The number of esters is 2. The maximum Gasteiger partial charge on any atom is 0.472 e. The van der Waals surface area contributed by atoms with E-state index in [4.69, 9.17) is 18.5 Å². The minimum Gasteiger partial charge on any atom is -0.462 e. The average Bonchev–Trinajstić information content (AvgIpc) is 3.32. The van der Waals surface area contributed by atoms with Crippen molar-refractivity contribution in [1.29, 1.82) is 0 Å². The van der Waals surface area contributed by atoms with Crippen molar-refractivity contribution < 1.29 is 42.1 Å². The van der Waals surface area contributed by atoms with Crippen LogP contribution < -0.4 is 0 Å². The van der Waals surface area contributed by atoms with Gasteiger partial charge in [-0.05, 0) is 103 Å². The molecule has 400 valence electrons. The van der Waals surface area contributed by atoms with E-state index in [9.17, 15) is 19.0 Å². The molecule has 0 heterocycles. The van der Waals surface area contributed by atoms with Crippen molar-refractivity contribution in [3.63, 3.8) is 0 Å². The topological polar surface area (TPSA) is 108 Å². The van der Waals surface area contributed by atoms with E-state index in [1.165, 1.54) is 51.4 Å². The molecule has 0 aromatic carbocycles. The Kier molecular flexibility index (Phi) is 48.2. The summed E-state index contributed by atoms with van der Waals surface area (Å²) in [6, 6.07) is 0. The number of nitrogens with zero attached hydrogens (tertiary/aromatic N) is 1. The van der Waals surface area contributed by atoms with Gasteiger partial charge in [0.25, 0.3) is 0 Å². The number of ether oxygens (including phenoxy) is 2. The van der Waals surface area contributed by atoms with E-state index in [1.54, 1.807) is 0 Å². The maximum atomic E-state index is 12.8. The predicted octanol–water partition coefficient (Wildman–Crippen LogP) is 17.0. The molecule has 0 aliphatic rings. The van der Waals surface area contributed by atoms with E-state index >= 15 is 0 Å². The zero-order chi connectivity index (χ0) is 51.3. The fraction of sp³-hybridized carbons (Fsp3) is 0.667. The summed E-state index contributed by atoms with van der Waals surface area (Å²) in [4.78, 5) is 35.6. The molecule has 70 heavy (non-hydrogen) atoms. The number of carbonyl (C=O) groups is 2. The van der Waals surface area contributed by atoms with Crippen LogP contribution in [0.15, 0.2) is 109 Å². The number of phosphoric acid groups is 1. The highest BCUT2D eigenvalue weighted by Gasteiger charge is 2.27. The third-order valence-corrected chi connectivity index (χ3v) is 12.3. The summed E-state index contributed by atoms with van der Waals surface area (Å²) >= 11 is 0. The SMILES string of the molecule is CC/C=C\C/C=C\C/C=C\C/C=C\C/C=C\C/C=C\CCCCCCCCC(=O)OC(COC(=O)CCCCCCCC/C=C\C/C=C\C/C=C\CCCCCCC)COP(=O)(O)OCC[N+](C)(C)C. The molecule has 0 aliphatic heterocycles. The zero-order valence-electron chi connectivity index (χ0n) is 45.2. The molecule has 2 atom stereocenters. The quantitative estimate of drug-likeness (QED) is 0.0211. The molecule has 1 N–H and O–H groups in total. The van der Waals surface area contributed by atoms with Crippen molar-refractivity contribution in [2.24, 2.45) is 0 Å². The van der Waals surface area contributed by atoms with Gasteiger partial charge in [0.2, 0.25) is 0 Å². The lowest BCUT2D eigenvalue weighted by molar-refractivity contribution is -0.870. The van der Waals surface area contributed by atoms with Crippen molar-refractivity contribution in [2.75, 3.05) is 47.5 Å². The van der Waals surface area contributed by atoms with E-state index in [2.05, 4.69) is 123 Å². The van der Waals surface area contributed by atoms with Gasteiger partial charge in [0.1, 0.15) is 19.8 Å². The minimum atomic E-state index is -4.40. The zero-order valence-corrected chi connectivity index (χ0v) is 46.1. The number of hydrogen-bond acceptors (Lipinski definition) is 7. The van der Waals surface area contributed by atoms with E-state index < -0.39 is 26.5 Å². The summed E-state index contributed by atoms with van der Waals surface area (Å²) in [5.41, 5.74) is 0. The molecule has 9 nitrogen and oxygen atoms in total. The molecule has 0 aromatic heterocycles. The summed E-state index contributed by atoms with van der Waals surface area (Å²) in [5.74, 6) is -0.836. The monoisotopic (exact) mass is 997 g/mol. The van der Waals surface area contributed by atoms with Gasteiger partial charge in [-0.25, -0.2) is 4.57 Å². The van der Waals surface area contributed by atoms with Crippen LogP contribution in [0.3, 0.4) is 0 Å².